The van der Waals surface area contributed by atoms with Gasteiger partial charge in [-0.2, -0.15) is 0 Å². The SMILES string of the molecule is CCc1nnc(COc2ccc(CCC(C)N)cc2)o1. The molecule has 5 nitrogen and oxygen atoms in total. The van der Waals surface area contributed by atoms with Crippen molar-refractivity contribution in [2.75, 3.05) is 0 Å². The number of rotatable bonds is 7. The van der Waals surface area contributed by atoms with E-state index in [-0.39, 0.29) is 6.04 Å². The summed E-state index contributed by atoms with van der Waals surface area (Å²) < 4.78 is 11.0. The fourth-order valence-corrected chi connectivity index (χ4v) is 1.78. The molecule has 0 bridgehead atoms. The third-order valence-corrected chi connectivity index (χ3v) is 2.99. The predicted octanol–water partition coefficient (Wildman–Crippen LogP) is 2.49. The summed E-state index contributed by atoms with van der Waals surface area (Å²) in [6, 6.07) is 8.25. The van der Waals surface area contributed by atoms with Gasteiger partial charge in [-0.15, -0.1) is 10.2 Å². The summed E-state index contributed by atoms with van der Waals surface area (Å²) in [6.45, 7) is 4.29. The van der Waals surface area contributed by atoms with Gasteiger partial charge in [0.15, 0.2) is 6.61 Å². The normalized spacial score (nSPS) is 12.3. The van der Waals surface area contributed by atoms with Crippen LogP contribution in [0.1, 0.15) is 37.6 Å². The average Bonchev–Trinajstić information content (AvgIpc) is 2.92. The maximum Gasteiger partial charge on any atom is 0.253 e. The number of aryl methyl sites for hydroxylation is 2. The van der Waals surface area contributed by atoms with Gasteiger partial charge in [0, 0.05) is 12.5 Å². The van der Waals surface area contributed by atoms with Crippen LogP contribution in [0.3, 0.4) is 0 Å². The minimum absolute atomic E-state index is 0.233. The lowest BCUT2D eigenvalue weighted by Crippen LogP contribution is -2.15. The highest BCUT2D eigenvalue weighted by molar-refractivity contribution is 5.27. The second-order valence-corrected chi connectivity index (χ2v) is 4.89. The third kappa shape index (κ3) is 4.35. The molecule has 0 aliphatic heterocycles. The quantitative estimate of drug-likeness (QED) is 0.840. The second kappa shape index (κ2) is 7.05. The summed E-state index contributed by atoms with van der Waals surface area (Å²) in [5, 5.41) is 7.81. The fraction of sp³-hybridized carbons (Fsp3) is 0.467. The zero-order valence-electron chi connectivity index (χ0n) is 12.0. The van der Waals surface area contributed by atoms with E-state index in [2.05, 4.69) is 22.3 Å². The molecule has 0 aliphatic carbocycles. The van der Waals surface area contributed by atoms with Crippen LogP contribution in [-0.4, -0.2) is 16.2 Å². The number of aromatic nitrogens is 2. The smallest absolute Gasteiger partial charge is 0.253 e. The van der Waals surface area contributed by atoms with Gasteiger partial charge in [-0.05, 0) is 37.5 Å². The summed E-state index contributed by atoms with van der Waals surface area (Å²) in [6.07, 6.45) is 2.71. The minimum atomic E-state index is 0.233. The molecule has 1 atom stereocenters. The molecule has 0 aliphatic rings. The van der Waals surface area contributed by atoms with Gasteiger partial charge in [0.25, 0.3) is 5.89 Å². The Bertz CT molecular complexity index is 520. The van der Waals surface area contributed by atoms with Gasteiger partial charge in [0.1, 0.15) is 5.75 Å². The first-order valence-electron chi connectivity index (χ1n) is 6.96. The van der Waals surface area contributed by atoms with E-state index in [0.717, 1.165) is 25.0 Å². The molecule has 1 unspecified atom stereocenters. The Morgan fingerprint density at radius 2 is 1.90 bits per heavy atom. The van der Waals surface area contributed by atoms with E-state index in [1.54, 1.807) is 0 Å². The van der Waals surface area contributed by atoms with Crippen LogP contribution in [-0.2, 0) is 19.4 Å². The maximum absolute atomic E-state index is 5.75. The fourth-order valence-electron chi connectivity index (χ4n) is 1.78. The monoisotopic (exact) mass is 275 g/mol. The Balaban J connectivity index is 1.84. The van der Waals surface area contributed by atoms with E-state index in [4.69, 9.17) is 14.9 Å². The van der Waals surface area contributed by atoms with Crippen molar-refractivity contribution in [2.45, 2.75) is 45.8 Å². The summed E-state index contributed by atoms with van der Waals surface area (Å²) >= 11 is 0. The Labute approximate surface area is 119 Å². The van der Waals surface area contributed by atoms with Gasteiger partial charge < -0.3 is 14.9 Å². The molecular formula is C15H21N3O2. The first-order valence-corrected chi connectivity index (χ1v) is 6.96. The molecular weight excluding hydrogens is 254 g/mol. The van der Waals surface area contributed by atoms with Gasteiger partial charge in [-0.25, -0.2) is 0 Å². The topological polar surface area (TPSA) is 74.2 Å². The van der Waals surface area contributed by atoms with Crippen LogP contribution < -0.4 is 10.5 Å². The van der Waals surface area contributed by atoms with Crippen LogP contribution in [0, 0.1) is 0 Å². The molecule has 0 saturated heterocycles. The van der Waals surface area contributed by atoms with Crippen molar-refractivity contribution in [3.05, 3.63) is 41.6 Å². The zero-order valence-corrected chi connectivity index (χ0v) is 12.0. The van der Waals surface area contributed by atoms with Crippen molar-refractivity contribution in [1.29, 1.82) is 0 Å². The molecule has 0 saturated carbocycles. The summed E-state index contributed by atoms with van der Waals surface area (Å²) in [5.74, 6) is 1.93. The minimum Gasteiger partial charge on any atom is -0.484 e. The standard InChI is InChI=1S/C15H21N3O2/c1-3-14-17-18-15(20-14)10-19-13-8-6-12(7-9-13)5-4-11(2)16/h6-9,11H,3-5,10,16H2,1-2H3. The number of hydrogen-bond donors (Lipinski definition) is 1. The van der Waals surface area contributed by atoms with E-state index in [1.165, 1.54) is 5.56 Å². The van der Waals surface area contributed by atoms with Crippen LogP contribution in [0.15, 0.2) is 28.7 Å². The molecule has 0 radical (unpaired) electrons. The number of nitrogens with two attached hydrogens (primary N) is 1. The Hall–Kier alpha value is -1.88. The highest BCUT2D eigenvalue weighted by Crippen LogP contribution is 2.15. The lowest BCUT2D eigenvalue weighted by molar-refractivity contribution is 0.259. The van der Waals surface area contributed by atoms with Crippen LogP contribution in [0.5, 0.6) is 5.75 Å². The van der Waals surface area contributed by atoms with E-state index in [0.29, 0.717) is 18.4 Å². The predicted molar refractivity (Wildman–Crippen MR) is 76.4 cm³/mol. The molecule has 20 heavy (non-hydrogen) atoms. The molecule has 0 fully saturated rings. The van der Waals surface area contributed by atoms with E-state index < -0.39 is 0 Å². The molecule has 5 heteroatoms. The van der Waals surface area contributed by atoms with E-state index in [1.807, 2.05) is 26.0 Å². The van der Waals surface area contributed by atoms with Gasteiger partial charge >= 0.3 is 0 Å². The van der Waals surface area contributed by atoms with Crippen LogP contribution in [0.4, 0.5) is 0 Å². The van der Waals surface area contributed by atoms with Crippen molar-refractivity contribution in [3.63, 3.8) is 0 Å². The first-order chi connectivity index (χ1) is 9.67. The summed E-state index contributed by atoms with van der Waals surface area (Å²) in [5.41, 5.74) is 7.01. The molecule has 2 N–H and O–H groups in total. The van der Waals surface area contributed by atoms with Crippen LogP contribution in [0.25, 0.3) is 0 Å². The molecule has 2 rings (SSSR count). The van der Waals surface area contributed by atoms with Gasteiger partial charge in [-0.1, -0.05) is 19.1 Å². The third-order valence-electron chi connectivity index (χ3n) is 2.99. The van der Waals surface area contributed by atoms with Crippen molar-refractivity contribution in [2.24, 2.45) is 5.73 Å². The Kier molecular flexibility index (Phi) is 5.12. The molecule has 108 valence electrons. The Morgan fingerprint density at radius 1 is 1.20 bits per heavy atom. The lowest BCUT2D eigenvalue weighted by Gasteiger charge is -2.07. The number of benzene rings is 1. The van der Waals surface area contributed by atoms with Crippen molar-refractivity contribution >= 4 is 0 Å². The van der Waals surface area contributed by atoms with Crippen molar-refractivity contribution in [3.8, 4) is 5.75 Å². The molecule has 2 aromatic rings. The van der Waals surface area contributed by atoms with E-state index in [9.17, 15) is 0 Å². The van der Waals surface area contributed by atoms with Crippen molar-refractivity contribution in [1.82, 2.24) is 10.2 Å². The molecule has 1 heterocycles. The molecule has 0 amide bonds. The second-order valence-electron chi connectivity index (χ2n) is 4.89. The number of nitrogens with zero attached hydrogens (tertiary/aromatic N) is 2. The molecule has 0 spiro atoms. The van der Waals surface area contributed by atoms with Gasteiger partial charge in [0.2, 0.25) is 5.89 Å². The summed E-state index contributed by atoms with van der Waals surface area (Å²) in [4.78, 5) is 0. The summed E-state index contributed by atoms with van der Waals surface area (Å²) in [7, 11) is 0. The number of hydrogen-bond acceptors (Lipinski definition) is 5. The average molecular weight is 275 g/mol. The van der Waals surface area contributed by atoms with Crippen molar-refractivity contribution < 1.29 is 9.15 Å². The van der Waals surface area contributed by atoms with Crippen LogP contribution >= 0.6 is 0 Å². The largest absolute Gasteiger partial charge is 0.484 e. The van der Waals surface area contributed by atoms with Gasteiger partial charge in [0.05, 0.1) is 0 Å². The van der Waals surface area contributed by atoms with Gasteiger partial charge in [-0.3, -0.25) is 0 Å². The number of ether oxygens (including phenoxy) is 1. The van der Waals surface area contributed by atoms with Crippen LogP contribution in [0.2, 0.25) is 0 Å². The first kappa shape index (κ1) is 14.5. The maximum atomic E-state index is 5.75. The molecule has 1 aromatic carbocycles. The molecule has 1 aromatic heterocycles. The highest BCUT2D eigenvalue weighted by atomic mass is 16.5. The zero-order chi connectivity index (χ0) is 14.4. The highest BCUT2D eigenvalue weighted by Gasteiger charge is 2.05. The lowest BCUT2D eigenvalue weighted by atomic mass is 10.1. The Morgan fingerprint density at radius 3 is 2.50 bits per heavy atom. The van der Waals surface area contributed by atoms with E-state index >= 15 is 0 Å².